The van der Waals surface area contributed by atoms with Gasteiger partial charge in [-0.1, -0.05) is 33.1 Å². The molecule has 108 valence electrons. The standard InChI is InChI=1S/C16H29N3/c1-4-13-7-6-8-15(10-9-13)17-11-14-12-19(3)18-16(14)5-2/h12-13,15,17H,4-11H2,1-3H3. The molecule has 19 heavy (non-hydrogen) atoms. The summed E-state index contributed by atoms with van der Waals surface area (Å²) < 4.78 is 1.94. The normalized spacial score (nSPS) is 24.4. The van der Waals surface area contributed by atoms with Gasteiger partial charge in [-0.25, -0.2) is 0 Å². The first kappa shape index (κ1) is 14.6. The van der Waals surface area contributed by atoms with E-state index in [2.05, 4.69) is 30.5 Å². The van der Waals surface area contributed by atoms with Crippen LogP contribution in [0.25, 0.3) is 0 Å². The molecular weight excluding hydrogens is 234 g/mol. The molecule has 0 saturated heterocycles. The molecule has 1 saturated carbocycles. The first-order chi connectivity index (χ1) is 9.22. The van der Waals surface area contributed by atoms with Crippen molar-refractivity contribution in [3.8, 4) is 0 Å². The van der Waals surface area contributed by atoms with Gasteiger partial charge in [-0.2, -0.15) is 5.10 Å². The molecule has 1 N–H and O–H groups in total. The summed E-state index contributed by atoms with van der Waals surface area (Å²) in [5.41, 5.74) is 2.62. The monoisotopic (exact) mass is 263 g/mol. The number of hydrogen-bond donors (Lipinski definition) is 1. The van der Waals surface area contributed by atoms with E-state index < -0.39 is 0 Å². The SMILES string of the molecule is CCc1nn(C)cc1CNC1CCCC(CC)CC1. The average molecular weight is 263 g/mol. The summed E-state index contributed by atoms with van der Waals surface area (Å²) in [5.74, 6) is 0.969. The van der Waals surface area contributed by atoms with Crippen LogP contribution in [0.4, 0.5) is 0 Å². The fraction of sp³-hybridized carbons (Fsp3) is 0.812. The van der Waals surface area contributed by atoms with Crippen LogP contribution in [-0.2, 0) is 20.0 Å². The number of nitrogens with one attached hydrogen (secondary N) is 1. The Labute approximate surface area is 117 Å². The second-order valence-electron chi connectivity index (χ2n) is 5.99. The highest BCUT2D eigenvalue weighted by Crippen LogP contribution is 2.25. The fourth-order valence-electron chi connectivity index (χ4n) is 3.27. The lowest BCUT2D eigenvalue weighted by molar-refractivity contribution is 0.425. The third kappa shape index (κ3) is 4.07. The van der Waals surface area contributed by atoms with Crippen LogP contribution < -0.4 is 5.32 Å². The van der Waals surface area contributed by atoms with Gasteiger partial charge in [-0.05, 0) is 31.6 Å². The van der Waals surface area contributed by atoms with E-state index in [0.717, 1.165) is 18.9 Å². The van der Waals surface area contributed by atoms with Crippen molar-refractivity contribution >= 4 is 0 Å². The van der Waals surface area contributed by atoms with Crippen molar-refractivity contribution in [2.45, 2.75) is 71.4 Å². The van der Waals surface area contributed by atoms with Crippen molar-refractivity contribution < 1.29 is 0 Å². The molecular formula is C16H29N3. The maximum absolute atomic E-state index is 4.51. The molecule has 0 spiro atoms. The summed E-state index contributed by atoms with van der Waals surface area (Å²) in [6.07, 6.45) is 11.5. The van der Waals surface area contributed by atoms with Crippen LogP contribution in [0.5, 0.6) is 0 Å². The number of aryl methyl sites for hydroxylation is 2. The van der Waals surface area contributed by atoms with Gasteiger partial charge in [-0.3, -0.25) is 4.68 Å². The third-order valence-electron chi connectivity index (χ3n) is 4.57. The lowest BCUT2D eigenvalue weighted by Gasteiger charge is -2.16. The molecule has 3 nitrogen and oxygen atoms in total. The van der Waals surface area contributed by atoms with Crippen molar-refractivity contribution in [2.24, 2.45) is 13.0 Å². The second kappa shape index (κ2) is 7.09. The molecule has 0 aliphatic heterocycles. The number of rotatable bonds is 5. The van der Waals surface area contributed by atoms with Crippen LogP contribution >= 0.6 is 0 Å². The third-order valence-corrected chi connectivity index (χ3v) is 4.57. The topological polar surface area (TPSA) is 29.9 Å². The second-order valence-corrected chi connectivity index (χ2v) is 5.99. The Hall–Kier alpha value is -0.830. The molecule has 0 radical (unpaired) electrons. The van der Waals surface area contributed by atoms with E-state index in [4.69, 9.17) is 0 Å². The Morgan fingerprint density at radius 3 is 2.84 bits per heavy atom. The number of aromatic nitrogens is 2. The lowest BCUT2D eigenvalue weighted by atomic mass is 9.98. The highest BCUT2D eigenvalue weighted by atomic mass is 15.3. The first-order valence-corrected chi connectivity index (χ1v) is 7.97. The summed E-state index contributed by atoms with van der Waals surface area (Å²) in [7, 11) is 2.01. The van der Waals surface area contributed by atoms with E-state index in [1.807, 2.05) is 11.7 Å². The van der Waals surface area contributed by atoms with Crippen molar-refractivity contribution in [1.29, 1.82) is 0 Å². The molecule has 1 heterocycles. The highest BCUT2D eigenvalue weighted by molar-refractivity contribution is 5.16. The summed E-state index contributed by atoms with van der Waals surface area (Å²) in [6, 6.07) is 0.710. The molecule has 0 aromatic carbocycles. The van der Waals surface area contributed by atoms with Crippen LogP contribution in [-0.4, -0.2) is 15.8 Å². The summed E-state index contributed by atoms with van der Waals surface area (Å²) in [6.45, 7) is 5.50. The maximum Gasteiger partial charge on any atom is 0.0666 e. The molecule has 1 aromatic rings. The van der Waals surface area contributed by atoms with Crippen molar-refractivity contribution in [3.05, 3.63) is 17.5 Å². The summed E-state index contributed by atoms with van der Waals surface area (Å²) >= 11 is 0. The van der Waals surface area contributed by atoms with E-state index in [9.17, 15) is 0 Å². The van der Waals surface area contributed by atoms with Crippen LogP contribution in [0.1, 0.15) is 63.6 Å². The van der Waals surface area contributed by atoms with E-state index >= 15 is 0 Å². The maximum atomic E-state index is 4.51. The molecule has 2 unspecified atom stereocenters. The van der Waals surface area contributed by atoms with Gasteiger partial charge in [0.15, 0.2) is 0 Å². The summed E-state index contributed by atoms with van der Waals surface area (Å²) in [4.78, 5) is 0. The fourth-order valence-corrected chi connectivity index (χ4v) is 3.27. The molecule has 0 amide bonds. The van der Waals surface area contributed by atoms with Gasteiger partial charge in [0.2, 0.25) is 0 Å². The zero-order valence-corrected chi connectivity index (χ0v) is 12.8. The van der Waals surface area contributed by atoms with Gasteiger partial charge in [0.25, 0.3) is 0 Å². The smallest absolute Gasteiger partial charge is 0.0666 e. The Bertz CT molecular complexity index is 383. The Morgan fingerprint density at radius 1 is 1.26 bits per heavy atom. The van der Waals surface area contributed by atoms with E-state index in [1.165, 1.54) is 49.8 Å². The van der Waals surface area contributed by atoms with E-state index in [0.29, 0.717) is 6.04 Å². The zero-order chi connectivity index (χ0) is 13.7. The molecule has 3 heteroatoms. The minimum Gasteiger partial charge on any atom is -0.310 e. The molecule has 2 rings (SSSR count). The Balaban J connectivity index is 1.84. The highest BCUT2D eigenvalue weighted by Gasteiger charge is 2.17. The minimum atomic E-state index is 0.710. The van der Waals surface area contributed by atoms with Crippen molar-refractivity contribution in [3.63, 3.8) is 0 Å². The lowest BCUT2D eigenvalue weighted by Crippen LogP contribution is -2.28. The van der Waals surface area contributed by atoms with Gasteiger partial charge in [0.05, 0.1) is 5.69 Å². The van der Waals surface area contributed by atoms with E-state index in [1.54, 1.807) is 0 Å². The minimum absolute atomic E-state index is 0.710. The van der Waals surface area contributed by atoms with Crippen LogP contribution in [0.3, 0.4) is 0 Å². The quantitative estimate of drug-likeness (QED) is 0.825. The van der Waals surface area contributed by atoms with Gasteiger partial charge >= 0.3 is 0 Å². The van der Waals surface area contributed by atoms with Crippen LogP contribution in [0.15, 0.2) is 6.20 Å². The molecule has 1 fully saturated rings. The zero-order valence-electron chi connectivity index (χ0n) is 12.8. The first-order valence-electron chi connectivity index (χ1n) is 7.97. The van der Waals surface area contributed by atoms with Gasteiger partial charge in [0.1, 0.15) is 0 Å². The molecule has 1 aliphatic rings. The van der Waals surface area contributed by atoms with Crippen molar-refractivity contribution in [1.82, 2.24) is 15.1 Å². The van der Waals surface area contributed by atoms with Gasteiger partial charge in [-0.15, -0.1) is 0 Å². The van der Waals surface area contributed by atoms with Crippen molar-refractivity contribution in [2.75, 3.05) is 0 Å². The predicted molar refractivity (Wildman–Crippen MR) is 80.1 cm³/mol. The Kier molecular flexibility index (Phi) is 5.44. The van der Waals surface area contributed by atoms with Gasteiger partial charge < -0.3 is 5.32 Å². The molecule has 1 aliphatic carbocycles. The molecule has 1 aromatic heterocycles. The molecule has 2 atom stereocenters. The Morgan fingerprint density at radius 2 is 2.11 bits per heavy atom. The largest absolute Gasteiger partial charge is 0.310 e. The predicted octanol–water partition coefficient (Wildman–Crippen LogP) is 3.43. The molecule has 0 bridgehead atoms. The van der Waals surface area contributed by atoms with E-state index in [-0.39, 0.29) is 0 Å². The number of nitrogens with zero attached hydrogens (tertiary/aromatic N) is 2. The number of hydrogen-bond acceptors (Lipinski definition) is 2. The average Bonchev–Trinajstić information content (AvgIpc) is 2.63. The van der Waals surface area contributed by atoms with Crippen LogP contribution in [0.2, 0.25) is 0 Å². The van der Waals surface area contributed by atoms with Gasteiger partial charge in [0, 0.05) is 31.4 Å². The van der Waals surface area contributed by atoms with Crippen LogP contribution in [0, 0.1) is 5.92 Å². The summed E-state index contributed by atoms with van der Waals surface area (Å²) in [5, 5.41) is 8.27.